The number of aliphatic hydroxyl groups is 3. The van der Waals surface area contributed by atoms with E-state index in [1.165, 1.54) is 0 Å². The van der Waals surface area contributed by atoms with Crippen LogP contribution in [-0.4, -0.2) is 28.0 Å². The minimum Gasteiger partial charge on any atom is -0.392 e. The molecule has 4 heteroatoms. The summed E-state index contributed by atoms with van der Waals surface area (Å²) < 4.78 is 0. The van der Waals surface area contributed by atoms with Gasteiger partial charge in [-0.05, 0) is 36.6 Å². The molecule has 0 bridgehead atoms. The van der Waals surface area contributed by atoms with Crippen LogP contribution < -0.4 is 5.73 Å². The highest BCUT2D eigenvalue weighted by atomic mass is 16.3. The summed E-state index contributed by atoms with van der Waals surface area (Å²) in [7, 11) is 0. The lowest BCUT2D eigenvalue weighted by atomic mass is 9.96. The van der Waals surface area contributed by atoms with Gasteiger partial charge in [0.25, 0.3) is 0 Å². The molecule has 4 nitrogen and oxygen atoms in total. The molecule has 90 valence electrons. The Morgan fingerprint density at radius 3 is 2.50 bits per heavy atom. The fourth-order valence-electron chi connectivity index (χ4n) is 1.70. The standard InChI is InChI=1S/C12H19NO3/c1-8-6-9(7-14)2-3-10(8)12(16)11(15)4-5-13/h2-3,6,11-12,14-16H,4-5,7,13H2,1H3. The second-order valence-electron chi connectivity index (χ2n) is 3.94. The molecule has 0 aliphatic rings. The zero-order chi connectivity index (χ0) is 12.1. The number of aryl methyl sites for hydroxylation is 1. The van der Waals surface area contributed by atoms with Crippen LogP contribution in [0.5, 0.6) is 0 Å². The fraction of sp³-hybridized carbons (Fsp3) is 0.500. The van der Waals surface area contributed by atoms with E-state index in [1.54, 1.807) is 18.2 Å². The molecule has 16 heavy (non-hydrogen) atoms. The molecule has 2 atom stereocenters. The van der Waals surface area contributed by atoms with Crippen molar-refractivity contribution in [2.75, 3.05) is 6.54 Å². The number of aliphatic hydroxyl groups excluding tert-OH is 3. The van der Waals surface area contributed by atoms with E-state index in [0.717, 1.165) is 11.1 Å². The van der Waals surface area contributed by atoms with Gasteiger partial charge in [0, 0.05) is 0 Å². The van der Waals surface area contributed by atoms with E-state index in [1.807, 2.05) is 6.92 Å². The van der Waals surface area contributed by atoms with E-state index in [-0.39, 0.29) is 6.61 Å². The molecule has 5 N–H and O–H groups in total. The normalized spacial score (nSPS) is 14.8. The van der Waals surface area contributed by atoms with Crippen LogP contribution in [0.25, 0.3) is 0 Å². The lowest BCUT2D eigenvalue weighted by Crippen LogP contribution is -2.22. The third-order valence-electron chi connectivity index (χ3n) is 2.66. The number of rotatable bonds is 5. The Labute approximate surface area is 95.3 Å². The Morgan fingerprint density at radius 2 is 2.00 bits per heavy atom. The molecule has 0 heterocycles. The Morgan fingerprint density at radius 1 is 1.31 bits per heavy atom. The van der Waals surface area contributed by atoms with Crippen LogP contribution in [0.3, 0.4) is 0 Å². The van der Waals surface area contributed by atoms with Crippen molar-refractivity contribution in [2.24, 2.45) is 5.73 Å². The second kappa shape index (κ2) is 5.96. The minimum atomic E-state index is -0.920. The van der Waals surface area contributed by atoms with Crippen LogP contribution in [0, 0.1) is 6.92 Å². The molecule has 1 aromatic carbocycles. The van der Waals surface area contributed by atoms with Crippen molar-refractivity contribution >= 4 is 0 Å². The summed E-state index contributed by atoms with van der Waals surface area (Å²) in [4.78, 5) is 0. The molecule has 0 radical (unpaired) electrons. The average Bonchev–Trinajstić information content (AvgIpc) is 2.28. The van der Waals surface area contributed by atoms with Gasteiger partial charge in [-0.2, -0.15) is 0 Å². The van der Waals surface area contributed by atoms with Gasteiger partial charge in [0.05, 0.1) is 12.7 Å². The highest BCUT2D eigenvalue weighted by molar-refractivity contribution is 5.32. The predicted molar refractivity (Wildman–Crippen MR) is 61.7 cm³/mol. The Hall–Kier alpha value is -0.940. The van der Waals surface area contributed by atoms with Gasteiger partial charge in [0.15, 0.2) is 0 Å². The van der Waals surface area contributed by atoms with Gasteiger partial charge in [0.1, 0.15) is 6.10 Å². The molecule has 2 unspecified atom stereocenters. The fourth-order valence-corrected chi connectivity index (χ4v) is 1.70. The molecule has 1 rings (SSSR count). The van der Waals surface area contributed by atoms with Crippen LogP contribution >= 0.6 is 0 Å². The Kier molecular flexibility index (Phi) is 4.89. The molecule has 0 aromatic heterocycles. The maximum absolute atomic E-state index is 9.90. The summed E-state index contributed by atoms with van der Waals surface area (Å²) in [6.45, 7) is 2.15. The zero-order valence-electron chi connectivity index (χ0n) is 9.43. The van der Waals surface area contributed by atoms with E-state index < -0.39 is 12.2 Å². The van der Waals surface area contributed by atoms with Gasteiger partial charge in [-0.15, -0.1) is 0 Å². The summed E-state index contributed by atoms with van der Waals surface area (Å²) in [6.07, 6.45) is -1.40. The van der Waals surface area contributed by atoms with E-state index in [2.05, 4.69) is 0 Å². The maximum atomic E-state index is 9.90. The second-order valence-corrected chi connectivity index (χ2v) is 3.94. The lowest BCUT2D eigenvalue weighted by molar-refractivity contribution is 0.0146. The summed E-state index contributed by atoms with van der Waals surface area (Å²) in [6, 6.07) is 5.26. The van der Waals surface area contributed by atoms with Crippen molar-refractivity contribution < 1.29 is 15.3 Å². The van der Waals surface area contributed by atoms with Gasteiger partial charge < -0.3 is 21.1 Å². The summed E-state index contributed by atoms with van der Waals surface area (Å²) in [5.74, 6) is 0. The molecular formula is C12H19NO3. The quantitative estimate of drug-likeness (QED) is 0.578. The van der Waals surface area contributed by atoms with Crippen LogP contribution in [0.1, 0.15) is 29.2 Å². The SMILES string of the molecule is Cc1cc(CO)ccc1C(O)C(O)CCN. The van der Waals surface area contributed by atoms with Crippen molar-refractivity contribution in [3.05, 3.63) is 34.9 Å². The van der Waals surface area contributed by atoms with Crippen molar-refractivity contribution in [3.8, 4) is 0 Å². The zero-order valence-corrected chi connectivity index (χ0v) is 9.43. The first-order chi connectivity index (χ1) is 7.60. The molecule has 0 fully saturated rings. The Balaban J connectivity index is 2.87. The minimum absolute atomic E-state index is 0.0252. The molecule has 0 saturated heterocycles. The van der Waals surface area contributed by atoms with Crippen molar-refractivity contribution in [3.63, 3.8) is 0 Å². The number of hydrogen-bond acceptors (Lipinski definition) is 4. The monoisotopic (exact) mass is 225 g/mol. The van der Waals surface area contributed by atoms with Crippen LogP contribution in [0.2, 0.25) is 0 Å². The number of nitrogens with two attached hydrogens (primary N) is 1. The summed E-state index contributed by atoms with van der Waals surface area (Å²) >= 11 is 0. The molecule has 1 aromatic rings. The van der Waals surface area contributed by atoms with Gasteiger partial charge in [-0.25, -0.2) is 0 Å². The maximum Gasteiger partial charge on any atom is 0.105 e. The highest BCUT2D eigenvalue weighted by Gasteiger charge is 2.19. The first kappa shape index (κ1) is 13.1. The van der Waals surface area contributed by atoms with E-state index in [4.69, 9.17) is 10.8 Å². The molecule has 0 saturated carbocycles. The summed E-state index contributed by atoms with van der Waals surface area (Å²) in [5.41, 5.74) is 7.65. The van der Waals surface area contributed by atoms with Gasteiger partial charge in [0.2, 0.25) is 0 Å². The van der Waals surface area contributed by atoms with Gasteiger partial charge in [-0.1, -0.05) is 18.2 Å². The predicted octanol–water partition coefficient (Wildman–Crippen LogP) is 0.230. The topological polar surface area (TPSA) is 86.7 Å². The van der Waals surface area contributed by atoms with Crippen molar-refractivity contribution in [1.82, 2.24) is 0 Å². The first-order valence-electron chi connectivity index (χ1n) is 5.36. The molecule has 0 amide bonds. The van der Waals surface area contributed by atoms with E-state index >= 15 is 0 Å². The largest absolute Gasteiger partial charge is 0.392 e. The van der Waals surface area contributed by atoms with Crippen LogP contribution in [-0.2, 0) is 6.61 Å². The Bertz CT molecular complexity index is 341. The van der Waals surface area contributed by atoms with Crippen molar-refractivity contribution in [2.45, 2.75) is 32.2 Å². The molecule has 0 aliphatic heterocycles. The summed E-state index contributed by atoms with van der Waals surface area (Å²) in [5, 5.41) is 28.5. The van der Waals surface area contributed by atoms with Gasteiger partial charge in [-0.3, -0.25) is 0 Å². The van der Waals surface area contributed by atoms with Crippen LogP contribution in [0.15, 0.2) is 18.2 Å². The third kappa shape index (κ3) is 3.02. The lowest BCUT2D eigenvalue weighted by Gasteiger charge is -2.19. The molecule has 0 aliphatic carbocycles. The van der Waals surface area contributed by atoms with Crippen molar-refractivity contribution in [1.29, 1.82) is 0 Å². The average molecular weight is 225 g/mol. The highest BCUT2D eigenvalue weighted by Crippen LogP contribution is 2.23. The third-order valence-corrected chi connectivity index (χ3v) is 2.66. The number of hydrogen-bond donors (Lipinski definition) is 4. The molecule has 0 spiro atoms. The van der Waals surface area contributed by atoms with E-state index in [0.29, 0.717) is 18.5 Å². The number of benzene rings is 1. The smallest absolute Gasteiger partial charge is 0.105 e. The van der Waals surface area contributed by atoms with Gasteiger partial charge >= 0.3 is 0 Å². The first-order valence-corrected chi connectivity index (χ1v) is 5.36. The molecular weight excluding hydrogens is 206 g/mol. The van der Waals surface area contributed by atoms with Crippen LogP contribution in [0.4, 0.5) is 0 Å². The van der Waals surface area contributed by atoms with E-state index in [9.17, 15) is 10.2 Å².